The number of rotatable bonds is 4. The van der Waals surface area contributed by atoms with E-state index in [1.54, 1.807) is 0 Å². The van der Waals surface area contributed by atoms with Crippen molar-refractivity contribution in [3.8, 4) is 0 Å². The van der Waals surface area contributed by atoms with E-state index in [0.717, 1.165) is 9.87 Å². The van der Waals surface area contributed by atoms with Crippen molar-refractivity contribution in [3.63, 3.8) is 0 Å². The number of thiol groups is 1. The molecule has 0 aromatic heterocycles. The molecule has 1 aromatic carbocycles. The minimum absolute atomic E-state index is 0.139. The van der Waals surface area contributed by atoms with E-state index in [1.807, 2.05) is 30.3 Å². The van der Waals surface area contributed by atoms with Crippen LogP contribution in [0.3, 0.4) is 0 Å². The lowest BCUT2D eigenvalue weighted by molar-refractivity contribution is -0.163. The zero-order chi connectivity index (χ0) is 17.4. The molecule has 3 atom stereocenters. The average Bonchev–Trinajstić information content (AvgIpc) is 2.55. The fourth-order valence-electron chi connectivity index (χ4n) is 2.91. The summed E-state index contributed by atoms with van der Waals surface area (Å²) in [4.78, 5) is 37.5. The first kappa shape index (κ1) is 16.9. The normalized spacial score (nSPS) is 25.7. The molecule has 1 N–H and O–H groups in total. The van der Waals surface area contributed by atoms with Crippen molar-refractivity contribution in [1.29, 1.82) is 0 Å². The molecule has 2 aliphatic heterocycles. The molecule has 6 nitrogen and oxygen atoms in total. The first-order valence-electron chi connectivity index (χ1n) is 7.31. The summed E-state index contributed by atoms with van der Waals surface area (Å²) < 4.78 is 1.14. The van der Waals surface area contributed by atoms with E-state index < -0.39 is 29.3 Å². The van der Waals surface area contributed by atoms with Crippen molar-refractivity contribution in [3.05, 3.63) is 48.0 Å². The average molecular weight is 364 g/mol. The molecule has 3 rings (SSSR count). The molecule has 2 aliphatic rings. The third kappa shape index (κ3) is 2.80. The molecular weight excluding hydrogens is 348 g/mol. The fourth-order valence-corrected chi connectivity index (χ4v) is 4.64. The van der Waals surface area contributed by atoms with E-state index in [2.05, 4.69) is 19.4 Å². The van der Waals surface area contributed by atoms with E-state index in [1.165, 1.54) is 16.7 Å². The SMILES string of the molecule is C=C1CS[C@@H]2C(N(S)C(=O)Cc3ccccc3)C(=O)N2C1C(=O)O. The topological polar surface area (TPSA) is 77.9 Å². The lowest BCUT2D eigenvalue weighted by atomic mass is 9.98. The molecule has 0 spiro atoms. The van der Waals surface area contributed by atoms with Gasteiger partial charge >= 0.3 is 5.97 Å². The van der Waals surface area contributed by atoms with Gasteiger partial charge in [-0.3, -0.25) is 13.9 Å². The maximum atomic E-state index is 12.4. The van der Waals surface area contributed by atoms with Crippen molar-refractivity contribution in [1.82, 2.24) is 9.21 Å². The number of thioether (sulfide) groups is 1. The summed E-state index contributed by atoms with van der Waals surface area (Å²) in [5, 5.41) is 8.91. The van der Waals surface area contributed by atoms with Gasteiger partial charge in [-0.15, -0.1) is 11.8 Å². The van der Waals surface area contributed by atoms with E-state index in [-0.39, 0.29) is 12.3 Å². The highest BCUT2D eigenvalue weighted by Crippen LogP contribution is 2.42. The van der Waals surface area contributed by atoms with Crippen molar-refractivity contribution in [2.24, 2.45) is 0 Å². The maximum Gasteiger partial charge on any atom is 0.330 e. The second kappa shape index (κ2) is 6.52. The quantitative estimate of drug-likeness (QED) is 0.477. The summed E-state index contributed by atoms with van der Waals surface area (Å²) in [5.41, 5.74) is 1.31. The summed E-state index contributed by atoms with van der Waals surface area (Å²) >= 11 is 5.62. The Bertz CT molecular complexity index is 709. The monoisotopic (exact) mass is 364 g/mol. The number of β-lactam (4-membered cyclic amide) rings is 1. The number of carboxylic acid groups (broad SMARTS) is 1. The van der Waals surface area contributed by atoms with Crippen LogP contribution in [0.25, 0.3) is 0 Å². The van der Waals surface area contributed by atoms with Crippen LogP contribution in [0.2, 0.25) is 0 Å². The minimum atomic E-state index is -1.10. The van der Waals surface area contributed by atoms with Crippen LogP contribution in [-0.4, -0.2) is 55.3 Å². The van der Waals surface area contributed by atoms with Crippen molar-refractivity contribution in [2.75, 3.05) is 5.75 Å². The molecule has 0 radical (unpaired) electrons. The van der Waals surface area contributed by atoms with Crippen LogP contribution in [0, 0.1) is 0 Å². The fraction of sp³-hybridized carbons (Fsp3) is 0.312. The van der Waals surface area contributed by atoms with Gasteiger partial charge in [0.25, 0.3) is 5.91 Å². The molecule has 2 amide bonds. The molecule has 2 unspecified atom stereocenters. The smallest absolute Gasteiger partial charge is 0.330 e. The summed E-state index contributed by atoms with van der Waals surface area (Å²) in [7, 11) is 0. The number of benzene rings is 1. The zero-order valence-electron chi connectivity index (χ0n) is 12.7. The van der Waals surface area contributed by atoms with Crippen molar-refractivity contribution < 1.29 is 19.5 Å². The highest BCUT2D eigenvalue weighted by Gasteiger charge is 2.58. The first-order chi connectivity index (χ1) is 11.4. The third-order valence-corrected chi connectivity index (χ3v) is 5.94. The standard InChI is InChI=1S/C16H16N2O4S2/c1-9-8-24-15-13(14(20)17(15)12(9)16(21)22)18(23)11(19)7-10-5-3-2-4-6-10/h2-6,12-13,15,23H,1,7-8H2,(H,21,22)/t12?,13?,15-/m1/s1. The third-order valence-electron chi connectivity index (χ3n) is 4.11. The van der Waals surface area contributed by atoms with Gasteiger partial charge in [0.15, 0.2) is 12.1 Å². The molecule has 24 heavy (non-hydrogen) atoms. The number of amides is 2. The zero-order valence-corrected chi connectivity index (χ0v) is 14.4. The number of carbonyl (C=O) groups excluding carboxylic acids is 2. The van der Waals surface area contributed by atoms with Crippen LogP contribution in [0.1, 0.15) is 5.56 Å². The Morgan fingerprint density at radius 1 is 1.38 bits per heavy atom. The lowest BCUT2D eigenvalue weighted by Crippen LogP contribution is -2.74. The molecule has 0 saturated carbocycles. The second-order valence-electron chi connectivity index (χ2n) is 5.69. The Hall–Kier alpha value is -1.93. The molecule has 2 heterocycles. The molecular formula is C16H16N2O4S2. The number of carbonyl (C=O) groups is 3. The number of aliphatic carboxylic acids is 1. The Labute approximate surface area is 149 Å². The molecule has 0 bridgehead atoms. The van der Waals surface area contributed by atoms with Gasteiger partial charge in [-0.2, -0.15) is 0 Å². The van der Waals surface area contributed by atoms with Crippen LogP contribution in [0.15, 0.2) is 42.5 Å². The number of fused-ring (bicyclic) bond motifs is 1. The highest BCUT2D eigenvalue weighted by molar-refractivity contribution is 8.00. The summed E-state index contributed by atoms with van der Waals surface area (Å²) in [6.07, 6.45) is 0.139. The van der Waals surface area contributed by atoms with Gasteiger partial charge in [-0.25, -0.2) is 4.79 Å². The highest BCUT2D eigenvalue weighted by atomic mass is 32.2. The van der Waals surface area contributed by atoms with Crippen LogP contribution in [0.5, 0.6) is 0 Å². The predicted octanol–water partition coefficient (Wildman–Crippen LogP) is 1.20. The molecule has 8 heteroatoms. The molecule has 126 valence electrons. The second-order valence-corrected chi connectivity index (χ2v) is 7.23. The number of hydrogen-bond acceptors (Lipinski definition) is 5. The summed E-state index contributed by atoms with van der Waals surface area (Å²) in [5.74, 6) is -1.36. The summed E-state index contributed by atoms with van der Waals surface area (Å²) in [6, 6.07) is 7.42. The number of hydrogen-bond donors (Lipinski definition) is 2. The van der Waals surface area contributed by atoms with Gasteiger partial charge in [-0.05, 0) is 11.1 Å². The van der Waals surface area contributed by atoms with Crippen LogP contribution in [0.4, 0.5) is 0 Å². The molecule has 1 aromatic rings. The van der Waals surface area contributed by atoms with Gasteiger partial charge in [0.1, 0.15) is 5.37 Å². The van der Waals surface area contributed by atoms with Gasteiger partial charge in [0, 0.05) is 5.75 Å². The first-order valence-corrected chi connectivity index (χ1v) is 8.76. The molecule has 2 saturated heterocycles. The minimum Gasteiger partial charge on any atom is -0.479 e. The lowest BCUT2D eigenvalue weighted by Gasteiger charge is -2.54. The number of nitrogens with zero attached hydrogens (tertiary/aromatic N) is 2. The molecule has 2 fully saturated rings. The Balaban J connectivity index is 1.72. The van der Waals surface area contributed by atoms with Gasteiger partial charge in [0.2, 0.25) is 5.91 Å². The van der Waals surface area contributed by atoms with E-state index >= 15 is 0 Å². The Morgan fingerprint density at radius 2 is 2.04 bits per heavy atom. The van der Waals surface area contributed by atoms with E-state index in [0.29, 0.717) is 11.3 Å². The summed E-state index contributed by atoms with van der Waals surface area (Å²) in [6.45, 7) is 3.74. The van der Waals surface area contributed by atoms with Crippen LogP contribution in [-0.2, 0) is 20.8 Å². The van der Waals surface area contributed by atoms with E-state index in [9.17, 15) is 19.5 Å². The Morgan fingerprint density at radius 3 is 2.67 bits per heavy atom. The van der Waals surface area contributed by atoms with Gasteiger partial charge in [0.05, 0.1) is 6.42 Å². The largest absolute Gasteiger partial charge is 0.479 e. The van der Waals surface area contributed by atoms with Gasteiger partial charge in [-0.1, -0.05) is 49.7 Å². The van der Waals surface area contributed by atoms with E-state index in [4.69, 9.17) is 0 Å². The van der Waals surface area contributed by atoms with Crippen molar-refractivity contribution in [2.45, 2.75) is 23.9 Å². The maximum absolute atomic E-state index is 12.4. The van der Waals surface area contributed by atoms with Crippen LogP contribution < -0.4 is 0 Å². The molecule has 0 aliphatic carbocycles. The predicted molar refractivity (Wildman–Crippen MR) is 93.4 cm³/mol. The Kier molecular flexibility index (Phi) is 4.60. The van der Waals surface area contributed by atoms with Crippen LogP contribution >= 0.6 is 24.6 Å². The van der Waals surface area contributed by atoms with Crippen molar-refractivity contribution >= 4 is 42.4 Å². The number of carboxylic acids is 1. The van der Waals surface area contributed by atoms with Gasteiger partial charge < -0.3 is 10.0 Å².